The summed E-state index contributed by atoms with van der Waals surface area (Å²) < 4.78 is 10.8. The van der Waals surface area contributed by atoms with Gasteiger partial charge in [-0.15, -0.1) is 12.4 Å². The van der Waals surface area contributed by atoms with Gasteiger partial charge in [-0.25, -0.2) is 0 Å². The van der Waals surface area contributed by atoms with Crippen LogP contribution in [0.3, 0.4) is 0 Å². The standard InChI is InChI=1S/C28H41NO2.ClH/c1-22(2)9-6-10-23(3)11-7-12-24(4)13-8-14-25(5)17-18-29-20-26-15-16-27-28(19-26)31-21-30-27;/h9,11,13,15-17,19,29H,6-8,10,12,14,18,20-21H2,1-5H3;1H/b23-11+,24-13+,25-17+;. The molecule has 1 aliphatic heterocycles. The number of halogens is 1. The van der Waals surface area contributed by atoms with E-state index in [-0.39, 0.29) is 12.4 Å². The van der Waals surface area contributed by atoms with Crippen LogP contribution in [-0.4, -0.2) is 13.3 Å². The Labute approximate surface area is 202 Å². The second-order valence-corrected chi connectivity index (χ2v) is 8.87. The highest BCUT2D eigenvalue weighted by Gasteiger charge is 2.12. The summed E-state index contributed by atoms with van der Waals surface area (Å²) >= 11 is 0. The molecule has 1 aliphatic rings. The SMILES string of the molecule is CC(C)=CCC/C(C)=C/CC/C(C)=C/CC/C(C)=C/CNCc1ccc2c(c1)OCO2.Cl. The maximum atomic E-state index is 5.43. The molecule has 0 fully saturated rings. The first kappa shape index (κ1) is 28.1. The molecular weight excluding hydrogens is 418 g/mol. The average molecular weight is 460 g/mol. The number of nitrogens with one attached hydrogen (secondary N) is 1. The van der Waals surface area contributed by atoms with Crippen LogP contribution in [0.1, 0.15) is 78.7 Å². The Kier molecular flexibility index (Phi) is 13.8. The molecule has 178 valence electrons. The molecule has 0 bridgehead atoms. The summed E-state index contributed by atoms with van der Waals surface area (Å²) in [5, 5.41) is 3.48. The third-order valence-corrected chi connectivity index (χ3v) is 5.52. The quantitative estimate of drug-likeness (QED) is 0.239. The van der Waals surface area contributed by atoms with Crippen molar-refractivity contribution in [1.29, 1.82) is 0 Å². The molecule has 4 heteroatoms. The van der Waals surface area contributed by atoms with Gasteiger partial charge in [-0.3, -0.25) is 0 Å². The molecule has 0 saturated carbocycles. The molecule has 2 rings (SSSR count). The van der Waals surface area contributed by atoms with Crippen LogP contribution in [-0.2, 0) is 6.54 Å². The monoisotopic (exact) mass is 459 g/mol. The Morgan fingerprint density at radius 2 is 1.34 bits per heavy atom. The van der Waals surface area contributed by atoms with E-state index >= 15 is 0 Å². The van der Waals surface area contributed by atoms with E-state index in [0.29, 0.717) is 6.79 Å². The van der Waals surface area contributed by atoms with Crippen molar-refractivity contribution in [2.45, 2.75) is 79.7 Å². The molecular formula is C28H42ClNO2. The fraction of sp³-hybridized carbons (Fsp3) is 0.500. The summed E-state index contributed by atoms with van der Waals surface area (Å²) in [4.78, 5) is 0. The Morgan fingerprint density at radius 3 is 1.97 bits per heavy atom. The molecule has 0 spiro atoms. The lowest BCUT2D eigenvalue weighted by atomic mass is 10.0. The molecule has 1 heterocycles. The molecule has 0 amide bonds. The van der Waals surface area contributed by atoms with Crippen LogP contribution in [0.2, 0.25) is 0 Å². The molecule has 0 unspecified atom stereocenters. The minimum atomic E-state index is 0. The molecule has 0 atom stereocenters. The molecule has 3 nitrogen and oxygen atoms in total. The van der Waals surface area contributed by atoms with Crippen LogP contribution < -0.4 is 14.8 Å². The van der Waals surface area contributed by atoms with E-state index in [1.807, 2.05) is 6.07 Å². The lowest BCUT2D eigenvalue weighted by Crippen LogP contribution is -2.13. The first-order valence-electron chi connectivity index (χ1n) is 11.6. The van der Waals surface area contributed by atoms with Crippen molar-refractivity contribution in [3.8, 4) is 11.5 Å². The van der Waals surface area contributed by atoms with Crippen LogP contribution in [0.4, 0.5) is 0 Å². The van der Waals surface area contributed by atoms with Gasteiger partial charge in [0.2, 0.25) is 6.79 Å². The molecule has 1 N–H and O–H groups in total. The van der Waals surface area contributed by atoms with Crippen molar-refractivity contribution in [2.24, 2.45) is 0 Å². The smallest absolute Gasteiger partial charge is 0.231 e. The van der Waals surface area contributed by atoms with Gasteiger partial charge in [0.05, 0.1) is 0 Å². The van der Waals surface area contributed by atoms with Gasteiger partial charge in [-0.1, -0.05) is 52.7 Å². The number of fused-ring (bicyclic) bond motifs is 1. The normalized spacial score (nSPS) is 13.7. The van der Waals surface area contributed by atoms with Crippen LogP contribution in [0, 0.1) is 0 Å². The first-order valence-corrected chi connectivity index (χ1v) is 11.6. The third-order valence-electron chi connectivity index (χ3n) is 5.52. The predicted octanol–water partition coefficient (Wildman–Crippen LogP) is 8.07. The molecule has 1 aromatic carbocycles. The highest BCUT2D eigenvalue weighted by atomic mass is 35.5. The predicted molar refractivity (Wildman–Crippen MR) is 140 cm³/mol. The van der Waals surface area contributed by atoms with Crippen LogP contribution in [0.5, 0.6) is 11.5 Å². The number of benzene rings is 1. The molecule has 0 saturated heterocycles. The summed E-state index contributed by atoms with van der Waals surface area (Å²) in [5.74, 6) is 1.69. The maximum Gasteiger partial charge on any atom is 0.231 e. The molecule has 32 heavy (non-hydrogen) atoms. The number of ether oxygens (including phenoxy) is 2. The third kappa shape index (κ3) is 11.6. The van der Waals surface area contributed by atoms with E-state index in [4.69, 9.17) is 9.47 Å². The fourth-order valence-electron chi connectivity index (χ4n) is 3.50. The summed E-state index contributed by atoms with van der Waals surface area (Å²) in [7, 11) is 0. The fourth-order valence-corrected chi connectivity index (χ4v) is 3.50. The van der Waals surface area contributed by atoms with Gasteiger partial charge in [0.15, 0.2) is 11.5 Å². The van der Waals surface area contributed by atoms with E-state index in [1.165, 1.54) is 40.7 Å². The zero-order chi connectivity index (χ0) is 22.5. The minimum absolute atomic E-state index is 0. The van der Waals surface area contributed by atoms with Gasteiger partial charge in [-0.05, 0) is 90.8 Å². The highest BCUT2D eigenvalue weighted by molar-refractivity contribution is 5.85. The number of hydrogen-bond donors (Lipinski definition) is 1. The van der Waals surface area contributed by atoms with Gasteiger partial charge >= 0.3 is 0 Å². The molecule has 0 radical (unpaired) electrons. The summed E-state index contributed by atoms with van der Waals surface area (Å²) in [5.41, 5.74) is 7.09. The van der Waals surface area contributed by atoms with E-state index in [2.05, 4.69) is 76.4 Å². The zero-order valence-corrected chi connectivity index (χ0v) is 21.4. The second-order valence-electron chi connectivity index (χ2n) is 8.87. The van der Waals surface area contributed by atoms with Crippen molar-refractivity contribution in [1.82, 2.24) is 5.32 Å². The van der Waals surface area contributed by atoms with Crippen LogP contribution >= 0.6 is 12.4 Å². The van der Waals surface area contributed by atoms with Gasteiger partial charge in [0.25, 0.3) is 0 Å². The van der Waals surface area contributed by atoms with E-state index in [9.17, 15) is 0 Å². The number of rotatable bonds is 13. The maximum absolute atomic E-state index is 5.43. The second kappa shape index (κ2) is 15.8. The summed E-state index contributed by atoms with van der Waals surface area (Å²) in [6.07, 6.45) is 16.4. The first-order chi connectivity index (χ1) is 14.9. The summed E-state index contributed by atoms with van der Waals surface area (Å²) in [6.45, 7) is 13.1. The Bertz CT molecular complexity index is 817. The van der Waals surface area contributed by atoms with Crippen molar-refractivity contribution >= 4 is 12.4 Å². The van der Waals surface area contributed by atoms with Crippen molar-refractivity contribution in [2.75, 3.05) is 13.3 Å². The highest BCUT2D eigenvalue weighted by Crippen LogP contribution is 2.32. The number of allylic oxidation sites excluding steroid dienone is 7. The zero-order valence-electron chi connectivity index (χ0n) is 20.6. The number of hydrogen-bond acceptors (Lipinski definition) is 3. The van der Waals surface area contributed by atoms with Gasteiger partial charge in [-0.2, -0.15) is 0 Å². The van der Waals surface area contributed by atoms with Gasteiger partial charge in [0.1, 0.15) is 0 Å². The topological polar surface area (TPSA) is 30.5 Å². The Hall–Kier alpha value is -1.97. The van der Waals surface area contributed by atoms with E-state index in [0.717, 1.165) is 50.3 Å². The Balaban J connectivity index is 0.00000512. The lowest BCUT2D eigenvalue weighted by molar-refractivity contribution is 0.174. The lowest BCUT2D eigenvalue weighted by Gasteiger charge is -2.05. The minimum Gasteiger partial charge on any atom is -0.454 e. The van der Waals surface area contributed by atoms with E-state index < -0.39 is 0 Å². The van der Waals surface area contributed by atoms with Crippen molar-refractivity contribution < 1.29 is 9.47 Å². The molecule has 0 aliphatic carbocycles. The van der Waals surface area contributed by atoms with Crippen LogP contribution in [0.25, 0.3) is 0 Å². The molecule has 0 aromatic heterocycles. The van der Waals surface area contributed by atoms with Gasteiger partial charge < -0.3 is 14.8 Å². The Morgan fingerprint density at radius 1 is 0.781 bits per heavy atom. The summed E-state index contributed by atoms with van der Waals surface area (Å²) in [6, 6.07) is 6.13. The van der Waals surface area contributed by atoms with Crippen molar-refractivity contribution in [3.05, 3.63) is 70.4 Å². The van der Waals surface area contributed by atoms with Gasteiger partial charge in [0, 0.05) is 13.1 Å². The van der Waals surface area contributed by atoms with Crippen LogP contribution in [0.15, 0.2) is 64.8 Å². The molecule has 1 aromatic rings. The van der Waals surface area contributed by atoms with Crippen molar-refractivity contribution in [3.63, 3.8) is 0 Å². The van der Waals surface area contributed by atoms with E-state index in [1.54, 1.807) is 0 Å². The average Bonchev–Trinajstić information content (AvgIpc) is 3.19. The largest absolute Gasteiger partial charge is 0.454 e.